The molecule has 150 valence electrons. The Morgan fingerprint density at radius 1 is 1.14 bits per heavy atom. The molecule has 29 heavy (non-hydrogen) atoms. The maximum absolute atomic E-state index is 12.1. The zero-order valence-electron chi connectivity index (χ0n) is 17.3. The molecule has 4 heterocycles. The van der Waals surface area contributed by atoms with E-state index in [1.165, 1.54) is 0 Å². The Labute approximate surface area is 170 Å². The van der Waals surface area contributed by atoms with Gasteiger partial charge < -0.3 is 10.5 Å². The minimum absolute atomic E-state index is 0.0592. The SMILES string of the molecule is CC[C@H](N)c1cnc(C)c2cnc(Cc3ccc4c(n3)[C@@H](C)[C@H](C)OC4=O)cc12. The summed E-state index contributed by atoms with van der Waals surface area (Å²) in [6.45, 7) is 8.00. The summed E-state index contributed by atoms with van der Waals surface area (Å²) in [7, 11) is 0. The van der Waals surface area contributed by atoms with Gasteiger partial charge in [0.2, 0.25) is 0 Å². The molecule has 0 saturated heterocycles. The lowest BCUT2D eigenvalue weighted by molar-refractivity contribution is 0.0234. The first-order valence-electron chi connectivity index (χ1n) is 10.1. The number of carbonyl (C=O) groups excluding carboxylic acids is 1. The first-order valence-corrected chi connectivity index (χ1v) is 10.1. The second-order valence-electron chi connectivity index (χ2n) is 7.85. The number of ether oxygens (including phenoxy) is 1. The highest BCUT2D eigenvalue weighted by Crippen LogP contribution is 2.30. The minimum atomic E-state index is -0.297. The second-order valence-corrected chi connectivity index (χ2v) is 7.85. The molecule has 0 amide bonds. The first kappa shape index (κ1) is 19.5. The van der Waals surface area contributed by atoms with Crippen LogP contribution < -0.4 is 5.73 Å². The van der Waals surface area contributed by atoms with Crippen molar-refractivity contribution < 1.29 is 9.53 Å². The van der Waals surface area contributed by atoms with Gasteiger partial charge in [0, 0.05) is 53.2 Å². The average Bonchev–Trinajstić information content (AvgIpc) is 2.72. The standard InChI is InChI=1S/C23H26N4O2/c1-5-21(24)20-11-25-13(3)19-10-26-16(9-18(19)20)8-15-6-7-17-22(27-15)12(2)14(4)29-23(17)28/h6-7,9-12,14,21H,5,8,24H2,1-4H3/t12-,14-,21-/m0/s1. The first-order chi connectivity index (χ1) is 13.9. The molecule has 0 saturated carbocycles. The number of hydrogen-bond acceptors (Lipinski definition) is 6. The Morgan fingerprint density at radius 2 is 1.93 bits per heavy atom. The number of esters is 1. The van der Waals surface area contributed by atoms with Crippen LogP contribution in [0, 0.1) is 6.92 Å². The smallest absolute Gasteiger partial charge is 0.340 e. The van der Waals surface area contributed by atoms with Crippen LogP contribution in [-0.4, -0.2) is 27.0 Å². The number of fused-ring (bicyclic) bond motifs is 2. The molecule has 3 atom stereocenters. The normalized spacial score (nSPS) is 19.7. The van der Waals surface area contributed by atoms with E-state index >= 15 is 0 Å². The lowest BCUT2D eigenvalue weighted by Crippen LogP contribution is -2.29. The fourth-order valence-corrected chi connectivity index (χ4v) is 3.82. The molecule has 0 aliphatic carbocycles. The molecule has 2 N–H and O–H groups in total. The van der Waals surface area contributed by atoms with Crippen LogP contribution in [-0.2, 0) is 11.2 Å². The summed E-state index contributed by atoms with van der Waals surface area (Å²) in [5.41, 5.74) is 11.5. The highest BCUT2D eigenvalue weighted by Gasteiger charge is 2.31. The number of aromatic nitrogens is 3. The van der Waals surface area contributed by atoms with Crippen molar-refractivity contribution in [3.8, 4) is 0 Å². The molecular weight excluding hydrogens is 364 g/mol. The van der Waals surface area contributed by atoms with Crippen LogP contribution in [0.3, 0.4) is 0 Å². The quantitative estimate of drug-likeness (QED) is 0.677. The van der Waals surface area contributed by atoms with Crippen molar-refractivity contribution in [3.05, 3.63) is 64.5 Å². The molecule has 0 fully saturated rings. The summed E-state index contributed by atoms with van der Waals surface area (Å²) in [5, 5.41) is 2.12. The van der Waals surface area contributed by atoms with Crippen LogP contribution in [0.4, 0.5) is 0 Å². The predicted octanol–water partition coefficient (Wildman–Crippen LogP) is 4.00. The molecule has 0 bridgehead atoms. The summed E-state index contributed by atoms with van der Waals surface area (Å²) in [5.74, 6) is -0.232. The lowest BCUT2D eigenvalue weighted by Gasteiger charge is -2.27. The molecule has 1 aliphatic rings. The van der Waals surface area contributed by atoms with Crippen molar-refractivity contribution >= 4 is 16.7 Å². The van der Waals surface area contributed by atoms with Crippen LogP contribution in [0.25, 0.3) is 10.8 Å². The average molecular weight is 390 g/mol. The van der Waals surface area contributed by atoms with Crippen molar-refractivity contribution in [2.45, 2.75) is 58.6 Å². The molecular formula is C23H26N4O2. The van der Waals surface area contributed by atoms with E-state index in [1.807, 2.05) is 45.3 Å². The molecule has 3 aromatic heterocycles. The third kappa shape index (κ3) is 3.49. The largest absolute Gasteiger partial charge is 0.458 e. The summed E-state index contributed by atoms with van der Waals surface area (Å²) >= 11 is 0. The molecule has 3 aromatic rings. The number of rotatable bonds is 4. The number of carbonyl (C=O) groups is 1. The Hall–Kier alpha value is -2.86. The molecule has 0 spiro atoms. The van der Waals surface area contributed by atoms with Gasteiger partial charge in [-0.15, -0.1) is 0 Å². The van der Waals surface area contributed by atoms with Gasteiger partial charge >= 0.3 is 5.97 Å². The Morgan fingerprint density at radius 3 is 2.69 bits per heavy atom. The summed E-state index contributed by atoms with van der Waals surface area (Å²) < 4.78 is 5.38. The van der Waals surface area contributed by atoms with Crippen molar-refractivity contribution in [1.29, 1.82) is 0 Å². The molecule has 0 aromatic carbocycles. The summed E-state index contributed by atoms with van der Waals surface area (Å²) in [6.07, 6.45) is 5.00. The van der Waals surface area contributed by atoms with Crippen molar-refractivity contribution in [2.75, 3.05) is 0 Å². The highest BCUT2D eigenvalue weighted by atomic mass is 16.5. The highest BCUT2D eigenvalue weighted by molar-refractivity contribution is 5.92. The molecule has 4 rings (SSSR count). The zero-order chi connectivity index (χ0) is 20.7. The van der Waals surface area contributed by atoms with E-state index in [1.54, 1.807) is 0 Å². The minimum Gasteiger partial charge on any atom is -0.458 e. The van der Waals surface area contributed by atoms with Gasteiger partial charge in [-0.05, 0) is 49.4 Å². The maximum Gasteiger partial charge on any atom is 0.340 e. The Bertz CT molecular complexity index is 1100. The van der Waals surface area contributed by atoms with E-state index in [2.05, 4.69) is 23.0 Å². The number of aryl methyl sites for hydroxylation is 1. The second kappa shape index (κ2) is 7.52. The van der Waals surface area contributed by atoms with E-state index in [0.717, 1.165) is 45.5 Å². The number of hydrogen-bond donors (Lipinski definition) is 1. The van der Waals surface area contributed by atoms with E-state index in [-0.39, 0.29) is 24.0 Å². The van der Waals surface area contributed by atoms with Gasteiger partial charge in [0.15, 0.2) is 0 Å². The van der Waals surface area contributed by atoms with Crippen LogP contribution in [0.5, 0.6) is 0 Å². The third-order valence-corrected chi connectivity index (χ3v) is 5.89. The fraction of sp³-hybridized carbons (Fsp3) is 0.391. The maximum atomic E-state index is 12.1. The van der Waals surface area contributed by atoms with Gasteiger partial charge in [-0.2, -0.15) is 0 Å². The van der Waals surface area contributed by atoms with E-state index < -0.39 is 0 Å². The van der Waals surface area contributed by atoms with E-state index in [4.69, 9.17) is 15.5 Å². The fourth-order valence-electron chi connectivity index (χ4n) is 3.82. The lowest BCUT2D eigenvalue weighted by atomic mass is 9.93. The summed E-state index contributed by atoms with van der Waals surface area (Å²) in [4.78, 5) is 26.0. The topological polar surface area (TPSA) is 91.0 Å². The van der Waals surface area contributed by atoms with E-state index in [9.17, 15) is 4.79 Å². The summed E-state index contributed by atoms with van der Waals surface area (Å²) in [6, 6.07) is 5.73. The predicted molar refractivity (Wildman–Crippen MR) is 112 cm³/mol. The van der Waals surface area contributed by atoms with Gasteiger partial charge in [0.1, 0.15) is 6.10 Å². The third-order valence-electron chi connectivity index (χ3n) is 5.89. The van der Waals surface area contributed by atoms with Gasteiger partial charge in [0.25, 0.3) is 0 Å². The molecule has 0 unspecified atom stereocenters. The number of nitrogens with zero attached hydrogens (tertiary/aromatic N) is 3. The van der Waals surface area contributed by atoms with Crippen LogP contribution in [0.2, 0.25) is 0 Å². The monoisotopic (exact) mass is 390 g/mol. The molecule has 1 aliphatic heterocycles. The van der Waals surface area contributed by atoms with E-state index in [0.29, 0.717) is 12.0 Å². The molecule has 6 nitrogen and oxygen atoms in total. The van der Waals surface area contributed by atoms with Crippen LogP contribution in [0.15, 0.2) is 30.6 Å². The van der Waals surface area contributed by atoms with Crippen LogP contribution >= 0.6 is 0 Å². The van der Waals surface area contributed by atoms with Gasteiger partial charge in [-0.3, -0.25) is 15.0 Å². The van der Waals surface area contributed by atoms with Gasteiger partial charge in [-0.1, -0.05) is 13.8 Å². The number of nitrogens with two attached hydrogens (primary N) is 1. The number of cyclic esters (lactones) is 1. The molecule has 6 heteroatoms. The zero-order valence-corrected chi connectivity index (χ0v) is 17.3. The van der Waals surface area contributed by atoms with Crippen molar-refractivity contribution in [1.82, 2.24) is 15.0 Å². The number of pyridine rings is 3. The Kier molecular flexibility index (Phi) is 5.04. The van der Waals surface area contributed by atoms with Gasteiger partial charge in [0.05, 0.1) is 11.3 Å². The van der Waals surface area contributed by atoms with Crippen molar-refractivity contribution in [3.63, 3.8) is 0 Å². The van der Waals surface area contributed by atoms with Crippen LogP contribution in [0.1, 0.15) is 77.8 Å². The van der Waals surface area contributed by atoms with Gasteiger partial charge in [-0.25, -0.2) is 4.79 Å². The Balaban J connectivity index is 1.73. The molecule has 0 radical (unpaired) electrons. The van der Waals surface area contributed by atoms with Crippen molar-refractivity contribution in [2.24, 2.45) is 5.73 Å².